The molecule has 3 heteroatoms. The van der Waals surface area contributed by atoms with Gasteiger partial charge in [-0.15, -0.1) is 0 Å². The predicted octanol–water partition coefficient (Wildman–Crippen LogP) is 2.76. The van der Waals surface area contributed by atoms with Crippen LogP contribution >= 0.6 is 0 Å². The highest BCUT2D eigenvalue weighted by atomic mass is 16.5. The minimum Gasteiger partial charge on any atom is -0.477 e. The summed E-state index contributed by atoms with van der Waals surface area (Å²) in [5.74, 6) is 0.768. The third-order valence-corrected chi connectivity index (χ3v) is 2.29. The van der Waals surface area contributed by atoms with E-state index in [0.29, 0.717) is 6.04 Å². The van der Waals surface area contributed by atoms with Crippen molar-refractivity contribution in [3.05, 3.63) is 23.9 Å². The SMILES string of the molecule is CCCCOc1ncccc1CNC(C)C. The van der Waals surface area contributed by atoms with Gasteiger partial charge in [-0.25, -0.2) is 4.98 Å². The minimum absolute atomic E-state index is 0.476. The number of pyridine rings is 1. The lowest BCUT2D eigenvalue weighted by Crippen LogP contribution is -2.22. The summed E-state index contributed by atoms with van der Waals surface area (Å²) in [7, 11) is 0. The van der Waals surface area contributed by atoms with E-state index in [4.69, 9.17) is 4.74 Å². The molecule has 0 aliphatic rings. The Labute approximate surface area is 98.2 Å². The van der Waals surface area contributed by atoms with E-state index in [-0.39, 0.29) is 0 Å². The van der Waals surface area contributed by atoms with Crippen molar-refractivity contribution in [3.8, 4) is 5.88 Å². The molecule has 0 atom stereocenters. The summed E-state index contributed by atoms with van der Waals surface area (Å²) in [4.78, 5) is 4.27. The first kappa shape index (κ1) is 13.0. The fourth-order valence-corrected chi connectivity index (χ4v) is 1.32. The fourth-order valence-electron chi connectivity index (χ4n) is 1.32. The molecule has 16 heavy (non-hydrogen) atoms. The molecular weight excluding hydrogens is 200 g/mol. The largest absolute Gasteiger partial charge is 0.477 e. The third-order valence-electron chi connectivity index (χ3n) is 2.29. The van der Waals surface area contributed by atoms with Crippen LogP contribution in [0.25, 0.3) is 0 Å². The van der Waals surface area contributed by atoms with Gasteiger partial charge >= 0.3 is 0 Å². The molecule has 0 bridgehead atoms. The summed E-state index contributed by atoms with van der Waals surface area (Å²) in [6, 6.07) is 4.48. The molecule has 1 N–H and O–H groups in total. The van der Waals surface area contributed by atoms with E-state index in [2.05, 4.69) is 37.1 Å². The van der Waals surface area contributed by atoms with E-state index in [1.165, 1.54) is 0 Å². The quantitative estimate of drug-likeness (QED) is 0.720. The van der Waals surface area contributed by atoms with Crippen molar-refractivity contribution >= 4 is 0 Å². The molecule has 0 radical (unpaired) electrons. The Bertz CT molecular complexity index is 300. The molecule has 0 aliphatic carbocycles. The molecule has 0 saturated carbocycles. The van der Waals surface area contributed by atoms with Gasteiger partial charge in [0, 0.05) is 24.3 Å². The number of nitrogens with zero attached hydrogens (tertiary/aromatic N) is 1. The van der Waals surface area contributed by atoms with Crippen molar-refractivity contribution in [2.75, 3.05) is 6.61 Å². The first-order valence-corrected chi connectivity index (χ1v) is 6.04. The molecular formula is C13H22N2O. The van der Waals surface area contributed by atoms with Crippen molar-refractivity contribution in [1.82, 2.24) is 10.3 Å². The van der Waals surface area contributed by atoms with Crippen LogP contribution in [0.3, 0.4) is 0 Å². The van der Waals surface area contributed by atoms with Crippen LogP contribution in [-0.4, -0.2) is 17.6 Å². The maximum absolute atomic E-state index is 5.66. The van der Waals surface area contributed by atoms with Gasteiger partial charge in [0.05, 0.1) is 6.61 Å². The average Bonchev–Trinajstić information content (AvgIpc) is 2.28. The lowest BCUT2D eigenvalue weighted by Gasteiger charge is -2.12. The van der Waals surface area contributed by atoms with Crippen molar-refractivity contribution in [2.24, 2.45) is 0 Å². The van der Waals surface area contributed by atoms with Crippen LogP contribution in [0.15, 0.2) is 18.3 Å². The zero-order valence-electron chi connectivity index (χ0n) is 10.5. The highest BCUT2D eigenvalue weighted by Gasteiger charge is 2.04. The zero-order chi connectivity index (χ0) is 11.8. The highest BCUT2D eigenvalue weighted by Crippen LogP contribution is 2.14. The number of hydrogen-bond acceptors (Lipinski definition) is 3. The molecule has 1 heterocycles. The maximum Gasteiger partial charge on any atom is 0.217 e. The molecule has 1 aromatic rings. The second-order valence-corrected chi connectivity index (χ2v) is 4.21. The molecule has 0 fully saturated rings. The highest BCUT2D eigenvalue weighted by molar-refractivity contribution is 5.25. The van der Waals surface area contributed by atoms with E-state index in [0.717, 1.165) is 37.4 Å². The second kappa shape index (κ2) is 7.23. The molecule has 3 nitrogen and oxygen atoms in total. The van der Waals surface area contributed by atoms with E-state index in [1.54, 1.807) is 6.20 Å². The molecule has 1 rings (SSSR count). The van der Waals surface area contributed by atoms with Gasteiger partial charge in [0.25, 0.3) is 0 Å². The van der Waals surface area contributed by atoms with Gasteiger partial charge in [0.15, 0.2) is 0 Å². The van der Waals surface area contributed by atoms with Crippen LogP contribution in [0.1, 0.15) is 39.2 Å². The summed E-state index contributed by atoms with van der Waals surface area (Å²) in [5.41, 5.74) is 1.13. The Morgan fingerprint density at radius 1 is 1.44 bits per heavy atom. The van der Waals surface area contributed by atoms with Crippen LogP contribution < -0.4 is 10.1 Å². The lowest BCUT2D eigenvalue weighted by molar-refractivity contribution is 0.293. The number of unbranched alkanes of at least 4 members (excludes halogenated alkanes) is 1. The van der Waals surface area contributed by atoms with E-state index < -0.39 is 0 Å². The predicted molar refractivity (Wildman–Crippen MR) is 66.6 cm³/mol. The minimum atomic E-state index is 0.476. The maximum atomic E-state index is 5.66. The number of aromatic nitrogens is 1. The van der Waals surface area contributed by atoms with Crippen LogP contribution in [-0.2, 0) is 6.54 Å². The Morgan fingerprint density at radius 3 is 2.94 bits per heavy atom. The monoisotopic (exact) mass is 222 g/mol. The Balaban J connectivity index is 2.53. The van der Waals surface area contributed by atoms with E-state index >= 15 is 0 Å². The number of ether oxygens (including phenoxy) is 1. The van der Waals surface area contributed by atoms with E-state index in [9.17, 15) is 0 Å². The van der Waals surface area contributed by atoms with Gasteiger partial charge < -0.3 is 10.1 Å². The molecule has 0 spiro atoms. The molecule has 1 aromatic heterocycles. The van der Waals surface area contributed by atoms with Gasteiger partial charge in [-0.05, 0) is 12.5 Å². The fraction of sp³-hybridized carbons (Fsp3) is 0.615. The van der Waals surface area contributed by atoms with Crippen molar-refractivity contribution in [3.63, 3.8) is 0 Å². The second-order valence-electron chi connectivity index (χ2n) is 4.21. The van der Waals surface area contributed by atoms with Crippen molar-refractivity contribution in [2.45, 2.75) is 46.2 Å². The van der Waals surface area contributed by atoms with Crippen LogP contribution in [0.5, 0.6) is 5.88 Å². The van der Waals surface area contributed by atoms with Crippen LogP contribution in [0, 0.1) is 0 Å². The third kappa shape index (κ3) is 4.62. The smallest absolute Gasteiger partial charge is 0.217 e. The summed E-state index contributed by atoms with van der Waals surface area (Å²) in [6.45, 7) is 7.99. The van der Waals surface area contributed by atoms with Crippen molar-refractivity contribution in [1.29, 1.82) is 0 Å². The molecule has 0 saturated heterocycles. The first-order valence-electron chi connectivity index (χ1n) is 6.04. The first-order chi connectivity index (χ1) is 7.74. The van der Waals surface area contributed by atoms with Crippen LogP contribution in [0.4, 0.5) is 0 Å². The normalized spacial score (nSPS) is 10.8. The summed E-state index contributed by atoms with van der Waals surface area (Å²) in [6.07, 6.45) is 4.00. The lowest BCUT2D eigenvalue weighted by atomic mass is 10.2. The van der Waals surface area contributed by atoms with Gasteiger partial charge in [0.1, 0.15) is 0 Å². The summed E-state index contributed by atoms with van der Waals surface area (Å²) in [5, 5.41) is 3.37. The molecule has 0 unspecified atom stereocenters. The Morgan fingerprint density at radius 2 is 2.25 bits per heavy atom. The Hall–Kier alpha value is -1.09. The molecule has 0 aromatic carbocycles. The zero-order valence-corrected chi connectivity index (χ0v) is 10.5. The number of rotatable bonds is 7. The summed E-state index contributed by atoms with van der Waals surface area (Å²) >= 11 is 0. The standard InChI is InChI=1S/C13H22N2O/c1-4-5-9-16-13-12(7-6-8-14-13)10-15-11(2)3/h6-8,11,15H,4-5,9-10H2,1-3H3. The van der Waals surface area contributed by atoms with Crippen molar-refractivity contribution < 1.29 is 4.74 Å². The molecule has 90 valence electrons. The van der Waals surface area contributed by atoms with Gasteiger partial charge in [0.2, 0.25) is 5.88 Å². The van der Waals surface area contributed by atoms with Gasteiger partial charge in [-0.1, -0.05) is 33.3 Å². The number of nitrogens with one attached hydrogen (secondary N) is 1. The summed E-state index contributed by atoms with van der Waals surface area (Å²) < 4.78 is 5.66. The van der Waals surface area contributed by atoms with Gasteiger partial charge in [-0.3, -0.25) is 0 Å². The topological polar surface area (TPSA) is 34.1 Å². The average molecular weight is 222 g/mol. The number of hydrogen-bond donors (Lipinski definition) is 1. The van der Waals surface area contributed by atoms with E-state index in [1.807, 2.05) is 6.07 Å². The van der Waals surface area contributed by atoms with Crippen LogP contribution in [0.2, 0.25) is 0 Å². The Kier molecular flexibility index (Phi) is 5.86. The molecule has 0 aliphatic heterocycles. The van der Waals surface area contributed by atoms with Gasteiger partial charge in [-0.2, -0.15) is 0 Å². The molecule has 0 amide bonds.